The van der Waals surface area contributed by atoms with Gasteiger partial charge in [0.1, 0.15) is 10.5 Å². The van der Waals surface area contributed by atoms with Crippen LogP contribution in [0, 0.1) is 4.64 Å². The van der Waals surface area contributed by atoms with E-state index >= 15 is 0 Å². The fraction of sp³-hybridized carbons (Fsp3) is 0.167. The summed E-state index contributed by atoms with van der Waals surface area (Å²) in [4.78, 5) is 7.52. The van der Waals surface area contributed by atoms with E-state index < -0.39 is 0 Å². The molecule has 3 nitrogen and oxygen atoms in total. The molecule has 1 N–H and O–H groups in total. The zero-order valence-electron chi connectivity index (χ0n) is 9.24. The molecular formula is C12H11BrN2OS. The summed E-state index contributed by atoms with van der Waals surface area (Å²) in [5.74, 6) is 0.755. The van der Waals surface area contributed by atoms with E-state index in [1.807, 2.05) is 24.3 Å². The summed E-state index contributed by atoms with van der Waals surface area (Å²) < 4.78 is 6.65. The van der Waals surface area contributed by atoms with Crippen molar-refractivity contribution in [3.63, 3.8) is 0 Å². The highest BCUT2D eigenvalue weighted by Gasteiger charge is 2.02. The van der Waals surface area contributed by atoms with Crippen LogP contribution < -0.4 is 0 Å². The molecule has 0 bridgehead atoms. The molecule has 0 aliphatic heterocycles. The fourth-order valence-corrected chi connectivity index (χ4v) is 2.15. The van der Waals surface area contributed by atoms with Crippen LogP contribution in [0.5, 0.6) is 0 Å². The molecule has 0 saturated heterocycles. The molecule has 1 aromatic heterocycles. The summed E-state index contributed by atoms with van der Waals surface area (Å²) in [7, 11) is 1.65. The Morgan fingerprint density at radius 1 is 1.41 bits per heavy atom. The number of hydrogen-bond donors (Lipinski definition) is 1. The van der Waals surface area contributed by atoms with Crippen LogP contribution in [-0.4, -0.2) is 17.1 Å². The predicted octanol–water partition coefficient (Wildman–Crippen LogP) is 3.72. The Kier molecular flexibility index (Phi) is 4.04. The van der Waals surface area contributed by atoms with Gasteiger partial charge in [0.05, 0.1) is 6.61 Å². The Morgan fingerprint density at radius 3 is 2.94 bits per heavy atom. The van der Waals surface area contributed by atoms with Gasteiger partial charge in [-0.25, -0.2) is 4.98 Å². The number of aromatic amines is 1. The lowest BCUT2D eigenvalue weighted by molar-refractivity contribution is 0.181. The number of H-pyrrole nitrogens is 1. The summed E-state index contributed by atoms with van der Waals surface area (Å²) in [5, 5.41) is 0. The topological polar surface area (TPSA) is 37.9 Å². The van der Waals surface area contributed by atoms with Crippen molar-refractivity contribution in [1.29, 1.82) is 0 Å². The van der Waals surface area contributed by atoms with Crippen molar-refractivity contribution in [2.45, 2.75) is 6.61 Å². The van der Waals surface area contributed by atoms with Crippen LogP contribution in [0.15, 0.2) is 34.8 Å². The van der Waals surface area contributed by atoms with Crippen molar-refractivity contribution in [2.75, 3.05) is 7.11 Å². The number of benzene rings is 1. The van der Waals surface area contributed by atoms with Crippen molar-refractivity contribution in [3.05, 3.63) is 45.1 Å². The van der Waals surface area contributed by atoms with Gasteiger partial charge in [-0.1, -0.05) is 40.3 Å². The first kappa shape index (κ1) is 12.4. The maximum absolute atomic E-state index is 5.14. The van der Waals surface area contributed by atoms with Crippen LogP contribution in [0.4, 0.5) is 0 Å². The molecular weight excluding hydrogens is 300 g/mol. The first-order valence-electron chi connectivity index (χ1n) is 5.04. The average Bonchev–Trinajstić information content (AvgIpc) is 2.28. The molecule has 88 valence electrons. The normalized spacial score (nSPS) is 10.5. The number of ether oxygens (including phenoxy) is 1. The molecule has 2 aromatic rings. The second-order valence-electron chi connectivity index (χ2n) is 3.54. The zero-order valence-corrected chi connectivity index (χ0v) is 11.6. The van der Waals surface area contributed by atoms with Crippen LogP contribution in [-0.2, 0) is 11.3 Å². The van der Waals surface area contributed by atoms with Gasteiger partial charge >= 0.3 is 0 Å². The maximum atomic E-state index is 5.14. The SMILES string of the molecule is COCc1cc(=S)nc(-c2cccc(Br)c2)[nH]1. The van der Waals surface area contributed by atoms with E-state index in [0.717, 1.165) is 21.6 Å². The van der Waals surface area contributed by atoms with E-state index in [1.54, 1.807) is 13.2 Å². The predicted molar refractivity (Wildman–Crippen MR) is 73.3 cm³/mol. The Bertz CT molecular complexity index is 583. The maximum Gasteiger partial charge on any atom is 0.139 e. The van der Waals surface area contributed by atoms with Crippen molar-refractivity contribution >= 4 is 28.1 Å². The van der Waals surface area contributed by atoms with E-state index in [-0.39, 0.29) is 0 Å². The first-order valence-corrected chi connectivity index (χ1v) is 6.24. The van der Waals surface area contributed by atoms with Crippen LogP contribution in [0.3, 0.4) is 0 Å². The second kappa shape index (κ2) is 5.53. The van der Waals surface area contributed by atoms with Crippen LogP contribution in [0.1, 0.15) is 5.69 Å². The summed E-state index contributed by atoms with van der Waals surface area (Å²) >= 11 is 8.57. The van der Waals surface area contributed by atoms with Gasteiger partial charge < -0.3 is 9.72 Å². The van der Waals surface area contributed by atoms with Crippen molar-refractivity contribution in [2.24, 2.45) is 0 Å². The Hall–Kier alpha value is -1.04. The highest BCUT2D eigenvalue weighted by atomic mass is 79.9. The molecule has 0 atom stereocenters. The summed E-state index contributed by atoms with van der Waals surface area (Å²) in [6.07, 6.45) is 0. The number of methoxy groups -OCH3 is 1. The number of aromatic nitrogens is 2. The number of hydrogen-bond acceptors (Lipinski definition) is 3. The second-order valence-corrected chi connectivity index (χ2v) is 4.87. The Morgan fingerprint density at radius 2 is 2.24 bits per heavy atom. The average molecular weight is 311 g/mol. The highest BCUT2D eigenvalue weighted by Crippen LogP contribution is 2.20. The van der Waals surface area contributed by atoms with Crippen molar-refractivity contribution in [3.8, 4) is 11.4 Å². The standard InChI is InChI=1S/C12H11BrN2OS/c1-16-7-10-6-11(17)15-12(14-10)8-3-2-4-9(13)5-8/h2-6H,7H2,1H3,(H,14,15,17). The molecule has 0 fully saturated rings. The van der Waals surface area contributed by atoms with Gasteiger partial charge in [-0.3, -0.25) is 0 Å². The van der Waals surface area contributed by atoms with E-state index in [1.165, 1.54) is 0 Å². The van der Waals surface area contributed by atoms with Gasteiger partial charge in [0.2, 0.25) is 0 Å². The minimum Gasteiger partial charge on any atom is -0.378 e. The zero-order chi connectivity index (χ0) is 12.3. The van der Waals surface area contributed by atoms with Crippen LogP contribution >= 0.6 is 28.1 Å². The minimum atomic E-state index is 0.493. The third-order valence-corrected chi connectivity index (χ3v) is 2.90. The van der Waals surface area contributed by atoms with Gasteiger partial charge in [-0.15, -0.1) is 0 Å². The van der Waals surface area contributed by atoms with Gasteiger partial charge in [0.15, 0.2) is 0 Å². The molecule has 1 aromatic carbocycles. The number of rotatable bonds is 3. The van der Waals surface area contributed by atoms with Gasteiger partial charge in [-0.2, -0.15) is 0 Å². The lowest BCUT2D eigenvalue weighted by atomic mass is 10.2. The van der Waals surface area contributed by atoms with E-state index in [4.69, 9.17) is 17.0 Å². The number of nitrogens with one attached hydrogen (secondary N) is 1. The van der Waals surface area contributed by atoms with E-state index in [9.17, 15) is 0 Å². The largest absolute Gasteiger partial charge is 0.378 e. The summed E-state index contributed by atoms with van der Waals surface area (Å²) in [5.41, 5.74) is 1.91. The van der Waals surface area contributed by atoms with Gasteiger partial charge in [0.25, 0.3) is 0 Å². The molecule has 0 saturated carbocycles. The molecule has 1 heterocycles. The number of nitrogens with zero attached hydrogens (tertiary/aromatic N) is 1. The van der Waals surface area contributed by atoms with Gasteiger partial charge in [0, 0.05) is 22.8 Å². The van der Waals surface area contributed by atoms with Crippen LogP contribution in [0.25, 0.3) is 11.4 Å². The summed E-state index contributed by atoms with van der Waals surface area (Å²) in [6.45, 7) is 0.493. The van der Waals surface area contributed by atoms with Crippen molar-refractivity contribution < 1.29 is 4.74 Å². The van der Waals surface area contributed by atoms with E-state index in [2.05, 4.69) is 25.9 Å². The Labute approximate surface area is 113 Å². The molecule has 0 aliphatic rings. The molecule has 0 radical (unpaired) electrons. The van der Waals surface area contributed by atoms with Crippen molar-refractivity contribution in [1.82, 2.24) is 9.97 Å². The third-order valence-electron chi connectivity index (χ3n) is 2.20. The molecule has 5 heteroatoms. The quantitative estimate of drug-likeness (QED) is 0.878. The van der Waals surface area contributed by atoms with Gasteiger partial charge in [-0.05, 0) is 18.2 Å². The van der Waals surface area contributed by atoms with E-state index in [0.29, 0.717) is 11.2 Å². The molecule has 0 aliphatic carbocycles. The molecule has 17 heavy (non-hydrogen) atoms. The monoisotopic (exact) mass is 310 g/mol. The molecule has 2 rings (SSSR count). The lowest BCUT2D eigenvalue weighted by Crippen LogP contribution is -1.97. The summed E-state index contributed by atoms with van der Waals surface area (Å²) in [6, 6.07) is 9.71. The van der Waals surface area contributed by atoms with Crippen LogP contribution in [0.2, 0.25) is 0 Å². The third kappa shape index (κ3) is 3.21. The first-order chi connectivity index (χ1) is 8.19. The highest BCUT2D eigenvalue weighted by molar-refractivity contribution is 9.10. The molecule has 0 spiro atoms. The fourth-order valence-electron chi connectivity index (χ4n) is 1.51. The smallest absolute Gasteiger partial charge is 0.139 e. The molecule has 0 amide bonds. The minimum absolute atomic E-state index is 0.493. The number of halogens is 1. The lowest BCUT2D eigenvalue weighted by Gasteiger charge is -2.05. The Balaban J connectivity index is 2.48. The molecule has 0 unspecified atom stereocenters.